The molecule has 4 nitrogen and oxygen atoms in total. The zero-order valence-electron chi connectivity index (χ0n) is 11.9. The molecule has 1 aromatic carbocycles. The van der Waals surface area contributed by atoms with Crippen LogP contribution in [-0.2, 0) is 11.3 Å². The second kappa shape index (κ2) is 6.59. The number of rotatable bonds is 4. The van der Waals surface area contributed by atoms with Gasteiger partial charge in [0.05, 0.1) is 6.42 Å². The number of ether oxygens (including phenoxy) is 1. The predicted molar refractivity (Wildman–Crippen MR) is 81.9 cm³/mol. The van der Waals surface area contributed by atoms with Gasteiger partial charge in [0.1, 0.15) is 5.75 Å². The minimum Gasteiger partial charge on any atom is -0.426 e. The first-order valence-electron chi connectivity index (χ1n) is 6.60. The lowest BCUT2D eigenvalue weighted by atomic mass is 10.1. The molecule has 110 valence electrons. The van der Waals surface area contributed by atoms with Gasteiger partial charge in [0.15, 0.2) is 0 Å². The van der Waals surface area contributed by atoms with Crippen molar-refractivity contribution in [2.45, 2.75) is 26.8 Å². The van der Waals surface area contributed by atoms with E-state index in [-0.39, 0.29) is 17.9 Å². The van der Waals surface area contributed by atoms with Gasteiger partial charge in [-0.05, 0) is 43.2 Å². The molecule has 0 saturated heterocycles. The SMILES string of the molecule is Cc1cc(OC(=O)CCn2ccccc2=O)cc(C)c1Cl. The number of carbonyl (C=O) groups is 1. The molecule has 0 saturated carbocycles. The standard InChI is InChI=1S/C16H16ClNO3/c1-11-9-13(10-12(2)16(11)17)21-15(20)6-8-18-7-4-3-5-14(18)19/h3-5,7,9-10H,6,8H2,1-2H3. The maximum atomic E-state index is 11.8. The molecule has 0 N–H and O–H groups in total. The highest BCUT2D eigenvalue weighted by atomic mass is 35.5. The molecule has 0 radical (unpaired) electrons. The lowest BCUT2D eigenvalue weighted by Crippen LogP contribution is -2.21. The van der Waals surface area contributed by atoms with E-state index in [0.717, 1.165) is 11.1 Å². The van der Waals surface area contributed by atoms with Crippen molar-refractivity contribution in [1.29, 1.82) is 0 Å². The van der Waals surface area contributed by atoms with Gasteiger partial charge >= 0.3 is 5.97 Å². The monoisotopic (exact) mass is 305 g/mol. The Kier molecular flexibility index (Phi) is 4.81. The molecule has 1 aromatic heterocycles. The number of benzene rings is 1. The van der Waals surface area contributed by atoms with E-state index in [2.05, 4.69) is 0 Å². The number of hydrogen-bond donors (Lipinski definition) is 0. The lowest BCUT2D eigenvalue weighted by Gasteiger charge is -2.09. The Morgan fingerprint density at radius 2 is 1.90 bits per heavy atom. The van der Waals surface area contributed by atoms with E-state index in [0.29, 0.717) is 17.3 Å². The van der Waals surface area contributed by atoms with Crippen LogP contribution in [0, 0.1) is 13.8 Å². The van der Waals surface area contributed by atoms with E-state index < -0.39 is 0 Å². The molecule has 21 heavy (non-hydrogen) atoms. The van der Waals surface area contributed by atoms with E-state index in [9.17, 15) is 9.59 Å². The van der Waals surface area contributed by atoms with Gasteiger partial charge in [-0.3, -0.25) is 9.59 Å². The molecule has 0 atom stereocenters. The summed E-state index contributed by atoms with van der Waals surface area (Å²) in [6.07, 6.45) is 1.77. The smallest absolute Gasteiger partial charge is 0.312 e. The van der Waals surface area contributed by atoms with Crippen LogP contribution < -0.4 is 10.3 Å². The van der Waals surface area contributed by atoms with Crippen LogP contribution in [0.4, 0.5) is 0 Å². The van der Waals surface area contributed by atoms with Crippen LogP contribution in [0.5, 0.6) is 5.75 Å². The van der Waals surface area contributed by atoms with Gasteiger partial charge in [-0.2, -0.15) is 0 Å². The Morgan fingerprint density at radius 1 is 1.24 bits per heavy atom. The third kappa shape index (κ3) is 3.95. The van der Waals surface area contributed by atoms with Crippen molar-refractivity contribution in [3.8, 4) is 5.75 Å². The highest BCUT2D eigenvalue weighted by molar-refractivity contribution is 6.32. The highest BCUT2D eigenvalue weighted by Crippen LogP contribution is 2.26. The van der Waals surface area contributed by atoms with E-state index >= 15 is 0 Å². The van der Waals surface area contributed by atoms with E-state index in [1.165, 1.54) is 10.6 Å². The fourth-order valence-corrected chi connectivity index (χ4v) is 2.11. The second-order valence-corrected chi connectivity index (χ2v) is 5.21. The zero-order chi connectivity index (χ0) is 15.4. The van der Waals surface area contributed by atoms with Crippen molar-refractivity contribution in [2.24, 2.45) is 0 Å². The molecule has 0 aliphatic rings. The number of hydrogen-bond acceptors (Lipinski definition) is 3. The van der Waals surface area contributed by atoms with Gasteiger partial charge < -0.3 is 9.30 Å². The van der Waals surface area contributed by atoms with Crippen LogP contribution in [0.2, 0.25) is 5.02 Å². The van der Waals surface area contributed by atoms with Crippen LogP contribution in [0.25, 0.3) is 0 Å². The topological polar surface area (TPSA) is 48.3 Å². The van der Waals surface area contributed by atoms with Crippen molar-refractivity contribution in [3.05, 3.63) is 63.0 Å². The summed E-state index contributed by atoms with van der Waals surface area (Å²) in [6.45, 7) is 4.01. The largest absolute Gasteiger partial charge is 0.426 e. The van der Waals surface area contributed by atoms with Gasteiger partial charge in [-0.15, -0.1) is 0 Å². The fraction of sp³-hybridized carbons (Fsp3) is 0.250. The average molecular weight is 306 g/mol. The number of halogens is 1. The molecule has 2 rings (SSSR count). The van der Waals surface area contributed by atoms with Crippen LogP contribution in [0.1, 0.15) is 17.5 Å². The van der Waals surface area contributed by atoms with Gasteiger partial charge in [0.2, 0.25) is 0 Å². The molecule has 0 spiro atoms. The summed E-state index contributed by atoms with van der Waals surface area (Å²) in [5, 5.41) is 0.672. The third-order valence-corrected chi connectivity index (χ3v) is 3.69. The normalized spacial score (nSPS) is 10.4. The second-order valence-electron chi connectivity index (χ2n) is 4.83. The molecule has 0 bridgehead atoms. The summed E-state index contributed by atoms with van der Waals surface area (Å²) in [4.78, 5) is 23.3. The van der Waals surface area contributed by atoms with Crippen molar-refractivity contribution >= 4 is 17.6 Å². The Labute approximate surface area is 127 Å². The van der Waals surface area contributed by atoms with E-state index in [1.807, 2.05) is 13.8 Å². The number of carbonyl (C=O) groups excluding carboxylic acids is 1. The zero-order valence-corrected chi connectivity index (χ0v) is 12.7. The van der Waals surface area contributed by atoms with Gasteiger partial charge in [0, 0.05) is 23.8 Å². The summed E-state index contributed by atoms with van der Waals surface area (Å²) >= 11 is 6.07. The number of pyridine rings is 1. The number of esters is 1. The van der Waals surface area contributed by atoms with Crippen LogP contribution in [-0.4, -0.2) is 10.5 Å². The Bertz CT molecular complexity index is 698. The molecule has 5 heteroatoms. The van der Waals surface area contributed by atoms with Crippen LogP contribution >= 0.6 is 11.6 Å². The highest BCUT2D eigenvalue weighted by Gasteiger charge is 2.09. The number of aryl methyl sites for hydroxylation is 3. The minimum absolute atomic E-state index is 0.130. The van der Waals surface area contributed by atoms with Crippen molar-refractivity contribution in [2.75, 3.05) is 0 Å². The molecular formula is C16H16ClNO3. The number of aromatic nitrogens is 1. The van der Waals surface area contributed by atoms with Crippen molar-refractivity contribution in [3.63, 3.8) is 0 Å². The maximum absolute atomic E-state index is 11.8. The lowest BCUT2D eigenvalue weighted by molar-refractivity contribution is -0.134. The van der Waals surface area contributed by atoms with Crippen molar-refractivity contribution < 1.29 is 9.53 Å². The average Bonchev–Trinajstić information content (AvgIpc) is 2.44. The number of nitrogens with zero attached hydrogens (tertiary/aromatic N) is 1. The molecule has 0 aliphatic heterocycles. The first kappa shape index (κ1) is 15.3. The first-order chi connectivity index (χ1) is 9.97. The predicted octanol–water partition coefficient (Wildman–Crippen LogP) is 3.11. The first-order valence-corrected chi connectivity index (χ1v) is 6.98. The minimum atomic E-state index is -0.383. The quantitative estimate of drug-likeness (QED) is 0.644. The summed E-state index contributed by atoms with van der Waals surface area (Å²) < 4.78 is 6.75. The van der Waals surface area contributed by atoms with Crippen LogP contribution in [0.15, 0.2) is 41.3 Å². The molecule has 0 unspecified atom stereocenters. The summed E-state index contributed by atoms with van der Waals surface area (Å²) in [7, 11) is 0. The Balaban J connectivity index is 1.99. The summed E-state index contributed by atoms with van der Waals surface area (Å²) in [5.74, 6) is 0.0895. The summed E-state index contributed by atoms with van der Waals surface area (Å²) in [6, 6.07) is 8.32. The van der Waals surface area contributed by atoms with Gasteiger partial charge in [-0.1, -0.05) is 17.7 Å². The van der Waals surface area contributed by atoms with Crippen molar-refractivity contribution in [1.82, 2.24) is 4.57 Å². The molecule has 0 aliphatic carbocycles. The molecule has 1 heterocycles. The molecule has 0 fully saturated rings. The van der Waals surface area contributed by atoms with Gasteiger partial charge in [-0.25, -0.2) is 0 Å². The van der Waals surface area contributed by atoms with Crippen LogP contribution in [0.3, 0.4) is 0 Å². The third-order valence-electron chi connectivity index (χ3n) is 3.10. The molecular weight excluding hydrogens is 290 g/mol. The van der Waals surface area contributed by atoms with Gasteiger partial charge in [0.25, 0.3) is 5.56 Å². The summed E-state index contributed by atoms with van der Waals surface area (Å²) in [5.41, 5.74) is 1.58. The van der Waals surface area contributed by atoms with E-state index in [4.69, 9.17) is 16.3 Å². The van der Waals surface area contributed by atoms with E-state index in [1.54, 1.807) is 30.5 Å². The molecule has 0 amide bonds. The Morgan fingerprint density at radius 3 is 2.52 bits per heavy atom. The fourth-order valence-electron chi connectivity index (χ4n) is 2.00. The molecule has 2 aromatic rings. The maximum Gasteiger partial charge on any atom is 0.312 e. The Hall–Kier alpha value is -2.07.